The van der Waals surface area contributed by atoms with Crippen LogP contribution in [0.25, 0.3) is 0 Å². The fourth-order valence-corrected chi connectivity index (χ4v) is 3.93. The number of carbonyl (C=O) groups excluding carboxylic acids is 2. The average Bonchev–Trinajstić information content (AvgIpc) is 3.11. The lowest BCUT2D eigenvalue weighted by Gasteiger charge is -2.14. The van der Waals surface area contributed by atoms with E-state index in [0.717, 1.165) is 56.9 Å². The maximum Gasteiger partial charge on any atom is 0.324 e. The molecule has 0 bridgehead atoms. The zero-order valence-corrected chi connectivity index (χ0v) is 15.0. The predicted octanol–water partition coefficient (Wildman–Crippen LogP) is 1.36. The third-order valence-electron chi connectivity index (χ3n) is 4.24. The van der Waals surface area contributed by atoms with Crippen LogP contribution in [0.15, 0.2) is 29.2 Å². The average molecular weight is 384 g/mol. The van der Waals surface area contributed by atoms with Crippen LogP contribution in [0.3, 0.4) is 0 Å². The normalized spacial score (nSPS) is 16.0. The Hall–Kier alpha value is -2.49. The van der Waals surface area contributed by atoms with Gasteiger partial charge in [0.1, 0.15) is 0 Å². The number of nitro groups is 1. The Balaban J connectivity index is 1.94. The number of ether oxygens (including phenoxy) is 1. The highest BCUT2D eigenvalue weighted by atomic mass is 32.2. The Bertz CT molecular complexity index is 783. The molecule has 1 fully saturated rings. The van der Waals surface area contributed by atoms with Gasteiger partial charge in [0.25, 0.3) is 11.6 Å². The Morgan fingerprint density at radius 1 is 1.27 bits per heavy atom. The van der Waals surface area contributed by atoms with Crippen molar-refractivity contribution in [1.82, 2.24) is 5.32 Å². The molecular weight excluding hydrogens is 364 g/mol. The molecule has 26 heavy (non-hydrogen) atoms. The van der Waals surface area contributed by atoms with Crippen LogP contribution in [0, 0.1) is 10.1 Å². The number of carbonyl (C=O) groups is 2. The van der Waals surface area contributed by atoms with Crippen molar-refractivity contribution >= 4 is 27.4 Å². The molecule has 0 unspecified atom stereocenters. The minimum absolute atomic E-state index is 0.0717. The van der Waals surface area contributed by atoms with Crippen molar-refractivity contribution < 1.29 is 27.7 Å². The van der Waals surface area contributed by atoms with E-state index in [9.17, 15) is 28.1 Å². The van der Waals surface area contributed by atoms with Crippen molar-refractivity contribution in [3.05, 3.63) is 34.4 Å². The third kappa shape index (κ3) is 4.78. The zero-order chi connectivity index (χ0) is 19.3. The van der Waals surface area contributed by atoms with Gasteiger partial charge in [0.05, 0.1) is 9.82 Å². The molecule has 0 heterocycles. The number of nitro benzene ring substituents is 1. The van der Waals surface area contributed by atoms with Crippen molar-refractivity contribution in [3.63, 3.8) is 0 Å². The van der Waals surface area contributed by atoms with Gasteiger partial charge in [-0.3, -0.25) is 19.7 Å². The van der Waals surface area contributed by atoms with Gasteiger partial charge < -0.3 is 10.1 Å². The first kappa shape index (κ1) is 19.8. The van der Waals surface area contributed by atoms with E-state index in [1.54, 1.807) is 0 Å². The molecule has 1 aromatic carbocycles. The third-order valence-corrected chi connectivity index (χ3v) is 6.29. The van der Waals surface area contributed by atoms with E-state index in [2.05, 4.69) is 5.32 Å². The second kappa shape index (κ2) is 8.26. The monoisotopic (exact) mass is 384 g/mol. The molecule has 142 valence electrons. The maximum absolute atomic E-state index is 12.4. The van der Waals surface area contributed by atoms with Crippen LogP contribution in [0.2, 0.25) is 0 Å². The van der Waals surface area contributed by atoms with E-state index in [0.29, 0.717) is 0 Å². The topological polar surface area (TPSA) is 133 Å². The van der Waals surface area contributed by atoms with E-state index < -0.39 is 38.5 Å². The molecule has 0 spiro atoms. The minimum atomic E-state index is -4.08. The molecule has 1 N–H and O–H groups in total. The Morgan fingerprint density at radius 2 is 1.85 bits per heavy atom. The first-order chi connectivity index (χ1) is 12.2. The smallest absolute Gasteiger partial charge is 0.324 e. The lowest BCUT2D eigenvalue weighted by atomic mass is 10.2. The Morgan fingerprint density at radius 3 is 2.38 bits per heavy atom. The second-order valence-corrected chi connectivity index (χ2v) is 8.36. The molecule has 0 aliphatic heterocycles. The first-order valence-corrected chi connectivity index (χ1v) is 9.71. The number of benzene rings is 1. The summed E-state index contributed by atoms with van der Waals surface area (Å²) in [4.78, 5) is 33.5. The summed E-state index contributed by atoms with van der Waals surface area (Å²) in [6.07, 6.45) is 3.83. The quantitative estimate of drug-likeness (QED) is 0.426. The number of esters is 1. The van der Waals surface area contributed by atoms with Gasteiger partial charge in [-0.05, 0) is 31.9 Å². The van der Waals surface area contributed by atoms with Crippen molar-refractivity contribution in [2.45, 2.75) is 48.8 Å². The lowest BCUT2D eigenvalue weighted by Crippen LogP contribution is -2.37. The largest absolute Gasteiger partial charge is 0.455 e. The SMILES string of the molecule is C[C@H](C(=O)OCC(=O)NC1CCCC1)S(=O)(=O)c1ccc([N+](=O)[O-])cc1. The van der Waals surface area contributed by atoms with E-state index in [4.69, 9.17) is 4.74 Å². The number of hydrogen-bond donors (Lipinski definition) is 1. The number of amides is 1. The van der Waals surface area contributed by atoms with Gasteiger partial charge in [-0.15, -0.1) is 0 Å². The van der Waals surface area contributed by atoms with Gasteiger partial charge in [0.15, 0.2) is 21.7 Å². The predicted molar refractivity (Wildman–Crippen MR) is 91.1 cm³/mol. The van der Waals surface area contributed by atoms with Crippen LogP contribution >= 0.6 is 0 Å². The zero-order valence-electron chi connectivity index (χ0n) is 14.2. The van der Waals surface area contributed by atoms with Gasteiger partial charge in [-0.25, -0.2) is 8.42 Å². The standard InChI is InChI=1S/C16H20N2O7S/c1-11(16(20)25-10-15(19)17-12-4-2-3-5-12)26(23,24)14-8-6-13(7-9-14)18(21)22/h6-9,11-12H,2-5,10H2,1H3,(H,17,19)/t11-/m1/s1. The van der Waals surface area contributed by atoms with Crippen LogP contribution in [0.1, 0.15) is 32.6 Å². The van der Waals surface area contributed by atoms with Crippen LogP contribution in [-0.2, 0) is 24.2 Å². The summed E-state index contributed by atoms with van der Waals surface area (Å²) in [6.45, 7) is 0.601. The van der Waals surface area contributed by atoms with Crippen LogP contribution < -0.4 is 5.32 Å². The summed E-state index contributed by atoms with van der Waals surface area (Å²) in [6, 6.07) is 4.27. The highest BCUT2D eigenvalue weighted by Gasteiger charge is 2.32. The molecule has 0 saturated heterocycles. The van der Waals surface area contributed by atoms with Crippen LogP contribution in [0.4, 0.5) is 5.69 Å². The van der Waals surface area contributed by atoms with E-state index in [1.165, 1.54) is 0 Å². The molecule has 9 nitrogen and oxygen atoms in total. The van der Waals surface area contributed by atoms with Crippen molar-refractivity contribution in [2.24, 2.45) is 0 Å². The van der Waals surface area contributed by atoms with Crippen LogP contribution in [0.5, 0.6) is 0 Å². The van der Waals surface area contributed by atoms with Crippen molar-refractivity contribution in [3.8, 4) is 0 Å². The summed E-state index contributed by atoms with van der Waals surface area (Å²) < 4.78 is 29.6. The number of non-ortho nitro benzene ring substituents is 1. The van der Waals surface area contributed by atoms with Gasteiger partial charge in [-0.2, -0.15) is 0 Å². The number of rotatable bonds is 7. The molecule has 0 aromatic heterocycles. The van der Waals surface area contributed by atoms with E-state index in [-0.39, 0.29) is 16.6 Å². The molecule has 0 radical (unpaired) electrons. The number of sulfone groups is 1. The molecule has 1 aromatic rings. The molecular formula is C16H20N2O7S. The molecule has 2 rings (SSSR count). The summed E-state index contributed by atoms with van der Waals surface area (Å²) in [5.74, 6) is -1.52. The Kier molecular flexibility index (Phi) is 6.30. The highest BCUT2D eigenvalue weighted by Crippen LogP contribution is 2.21. The second-order valence-electron chi connectivity index (χ2n) is 6.09. The van der Waals surface area contributed by atoms with Gasteiger partial charge in [0, 0.05) is 18.2 Å². The summed E-state index contributed by atoms with van der Waals surface area (Å²) >= 11 is 0. The van der Waals surface area contributed by atoms with Gasteiger partial charge in [-0.1, -0.05) is 12.8 Å². The van der Waals surface area contributed by atoms with Crippen molar-refractivity contribution in [1.29, 1.82) is 0 Å². The number of hydrogen-bond acceptors (Lipinski definition) is 7. The van der Waals surface area contributed by atoms with E-state index in [1.807, 2.05) is 0 Å². The number of nitrogens with zero attached hydrogens (tertiary/aromatic N) is 1. The van der Waals surface area contributed by atoms with Crippen LogP contribution in [-0.4, -0.2) is 43.1 Å². The molecule has 1 aliphatic carbocycles. The summed E-state index contributed by atoms with van der Waals surface area (Å²) in [7, 11) is -4.08. The van der Waals surface area contributed by atoms with Gasteiger partial charge in [0.2, 0.25) is 0 Å². The number of nitrogens with one attached hydrogen (secondary N) is 1. The molecule has 1 saturated carbocycles. The fourth-order valence-electron chi connectivity index (χ4n) is 2.68. The maximum atomic E-state index is 12.4. The van der Waals surface area contributed by atoms with Gasteiger partial charge >= 0.3 is 5.97 Å². The first-order valence-electron chi connectivity index (χ1n) is 8.16. The molecule has 1 amide bonds. The molecule has 1 aliphatic rings. The minimum Gasteiger partial charge on any atom is -0.455 e. The fraction of sp³-hybridized carbons (Fsp3) is 0.500. The van der Waals surface area contributed by atoms with Crippen molar-refractivity contribution in [2.75, 3.05) is 6.61 Å². The summed E-state index contributed by atoms with van der Waals surface area (Å²) in [5.41, 5.74) is -0.261. The Labute approximate surface area is 150 Å². The molecule has 1 atom stereocenters. The lowest BCUT2D eigenvalue weighted by molar-refractivity contribution is -0.384. The molecule has 10 heteroatoms. The summed E-state index contributed by atoms with van der Waals surface area (Å²) in [5, 5.41) is 11.8. The highest BCUT2D eigenvalue weighted by molar-refractivity contribution is 7.92. The van der Waals surface area contributed by atoms with E-state index >= 15 is 0 Å².